The number of likely N-dealkylation sites (N-methyl/N-ethyl adjacent to an activating group) is 1. The number of piperidine rings is 1. The quantitative estimate of drug-likeness (QED) is 0.318. The molecular formula is C27H40ClF3N4O4. The Morgan fingerprint density at radius 3 is 2.62 bits per heavy atom. The number of benzene rings is 1. The Kier molecular flexibility index (Phi) is 12.0. The van der Waals surface area contributed by atoms with Gasteiger partial charge in [0.2, 0.25) is 5.92 Å². The van der Waals surface area contributed by atoms with Gasteiger partial charge in [0, 0.05) is 56.0 Å². The summed E-state index contributed by atoms with van der Waals surface area (Å²) in [6.07, 6.45) is 1.69. The molecule has 8 nitrogen and oxygen atoms in total. The number of carbonyl (C=O) groups is 2. The number of likely N-dealkylation sites (tertiary alicyclic amines) is 1. The van der Waals surface area contributed by atoms with Crippen molar-refractivity contribution in [3.63, 3.8) is 0 Å². The zero-order valence-corrected chi connectivity index (χ0v) is 23.4. The smallest absolute Gasteiger partial charge is 0.406 e. The molecule has 2 fully saturated rings. The summed E-state index contributed by atoms with van der Waals surface area (Å²) < 4.78 is 52.1. The lowest BCUT2D eigenvalue weighted by Gasteiger charge is -2.38. The van der Waals surface area contributed by atoms with Gasteiger partial charge in [-0.2, -0.15) is 0 Å². The van der Waals surface area contributed by atoms with Crippen molar-refractivity contribution in [3.8, 4) is 0 Å². The van der Waals surface area contributed by atoms with Crippen molar-refractivity contribution in [2.24, 2.45) is 11.8 Å². The lowest BCUT2D eigenvalue weighted by atomic mass is 9.83. The third-order valence-corrected chi connectivity index (χ3v) is 7.69. The average Bonchev–Trinajstić information content (AvgIpc) is 2.89. The van der Waals surface area contributed by atoms with Gasteiger partial charge in [-0.1, -0.05) is 11.6 Å². The Hall–Kier alpha value is -2.24. The Morgan fingerprint density at radius 1 is 1.21 bits per heavy atom. The molecule has 220 valence electrons. The van der Waals surface area contributed by atoms with Crippen LogP contribution in [-0.4, -0.2) is 75.9 Å². The third kappa shape index (κ3) is 10.0. The SMILES string of the molecule is CNC[C@H](CC1CCC(F)(F)CC1)NC(=O)N1CCC[C@@H]([C@@H](OCCNC(=O)OC)c2cc(F)cc(Cl)c2)C1. The average molecular weight is 577 g/mol. The minimum Gasteiger partial charge on any atom is -0.453 e. The van der Waals surface area contributed by atoms with Gasteiger partial charge in [0.15, 0.2) is 0 Å². The molecule has 39 heavy (non-hydrogen) atoms. The number of rotatable bonds is 11. The number of nitrogens with one attached hydrogen (secondary N) is 3. The van der Waals surface area contributed by atoms with E-state index < -0.39 is 23.9 Å². The minimum absolute atomic E-state index is 0.105. The summed E-state index contributed by atoms with van der Waals surface area (Å²) in [5.41, 5.74) is 0.562. The molecule has 1 aliphatic carbocycles. The minimum atomic E-state index is -2.58. The second-order valence-electron chi connectivity index (χ2n) is 10.5. The van der Waals surface area contributed by atoms with Crippen molar-refractivity contribution >= 4 is 23.7 Å². The molecule has 1 saturated carbocycles. The summed E-state index contributed by atoms with van der Waals surface area (Å²) in [6.45, 7) is 1.83. The maximum absolute atomic E-state index is 14.2. The van der Waals surface area contributed by atoms with Crippen LogP contribution in [0.25, 0.3) is 0 Å². The second-order valence-corrected chi connectivity index (χ2v) is 10.9. The topological polar surface area (TPSA) is 91.9 Å². The van der Waals surface area contributed by atoms with E-state index in [-0.39, 0.29) is 54.9 Å². The fourth-order valence-electron chi connectivity index (χ4n) is 5.54. The van der Waals surface area contributed by atoms with E-state index in [1.165, 1.54) is 19.2 Å². The highest BCUT2D eigenvalue weighted by Crippen LogP contribution is 2.38. The van der Waals surface area contributed by atoms with Crippen LogP contribution < -0.4 is 16.0 Å². The second kappa shape index (κ2) is 14.9. The molecule has 1 heterocycles. The van der Waals surface area contributed by atoms with Crippen LogP contribution in [0.15, 0.2) is 18.2 Å². The van der Waals surface area contributed by atoms with Crippen LogP contribution in [0, 0.1) is 17.7 Å². The monoisotopic (exact) mass is 576 g/mol. The van der Waals surface area contributed by atoms with E-state index >= 15 is 0 Å². The number of halogens is 4. The number of alkyl halides is 2. The standard InChI is InChI=1S/C27H40ClF3N4O4/c1-32-16-23(12-18-5-7-27(30,31)8-6-18)34-25(36)35-10-3-4-19(17-35)24(39-11-9-33-26(37)38-2)20-13-21(28)15-22(29)14-20/h13-15,18-19,23-24,32H,3-12,16-17H2,1-2H3,(H,33,37)(H,34,36)/t19-,23+,24-/m1/s1. The van der Waals surface area contributed by atoms with Crippen LogP contribution in [0.2, 0.25) is 5.02 Å². The molecule has 1 aliphatic heterocycles. The van der Waals surface area contributed by atoms with Crippen molar-refractivity contribution in [3.05, 3.63) is 34.6 Å². The molecule has 0 unspecified atom stereocenters. The first kappa shape index (κ1) is 31.3. The van der Waals surface area contributed by atoms with Gasteiger partial charge in [-0.15, -0.1) is 0 Å². The molecule has 0 radical (unpaired) electrons. The van der Waals surface area contributed by atoms with Gasteiger partial charge in [-0.3, -0.25) is 0 Å². The van der Waals surface area contributed by atoms with Crippen molar-refractivity contribution < 1.29 is 32.2 Å². The van der Waals surface area contributed by atoms with Crippen molar-refractivity contribution in [2.75, 3.05) is 46.9 Å². The highest BCUT2D eigenvalue weighted by molar-refractivity contribution is 6.30. The Morgan fingerprint density at radius 2 is 1.95 bits per heavy atom. The van der Waals surface area contributed by atoms with Crippen LogP contribution in [0.3, 0.4) is 0 Å². The molecule has 1 aromatic carbocycles. The zero-order valence-electron chi connectivity index (χ0n) is 22.6. The first-order valence-corrected chi connectivity index (χ1v) is 13.9. The molecule has 1 aromatic rings. The summed E-state index contributed by atoms with van der Waals surface area (Å²) in [4.78, 5) is 26.4. The van der Waals surface area contributed by atoms with E-state index in [0.717, 1.165) is 12.8 Å². The maximum Gasteiger partial charge on any atom is 0.406 e. The molecule has 0 aromatic heterocycles. The first-order valence-electron chi connectivity index (χ1n) is 13.6. The summed E-state index contributed by atoms with van der Waals surface area (Å²) in [7, 11) is 3.07. The van der Waals surface area contributed by atoms with Crippen molar-refractivity contribution in [1.82, 2.24) is 20.9 Å². The van der Waals surface area contributed by atoms with Gasteiger partial charge < -0.3 is 30.3 Å². The number of methoxy groups -OCH3 is 1. The fourth-order valence-corrected chi connectivity index (χ4v) is 5.77. The number of urea groups is 1. The van der Waals surface area contributed by atoms with Gasteiger partial charge in [-0.05, 0) is 68.8 Å². The van der Waals surface area contributed by atoms with Gasteiger partial charge in [0.1, 0.15) is 5.82 Å². The van der Waals surface area contributed by atoms with Gasteiger partial charge in [-0.25, -0.2) is 22.8 Å². The van der Waals surface area contributed by atoms with Crippen molar-refractivity contribution in [1.29, 1.82) is 0 Å². The third-order valence-electron chi connectivity index (χ3n) is 7.47. The molecule has 0 bridgehead atoms. The van der Waals surface area contributed by atoms with Crippen LogP contribution in [0.1, 0.15) is 56.6 Å². The van der Waals surface area contributed by atoms with E-state index in [4.69, 9.17) is 16.3 Å². The molecule has 3 rings (SSSR count). The van der Waals surface area contributed by atoms with E-state index in [9.17, 15) is 22.8 Å². The molecule has 3 N–H and O–H groups in total. The van der Waals surface area contributed by atoms with Crippen LogP contribution in [-0.2, 0) is 9.47 Å². The molecule has 1 saturated heterocycles. The predicted octanol–water partition coefficient (Wildman–Crippen LogP) is 5.12. The lowest BCUT2D eigenvalue weighted by molar-refractivity contribution is -0.0473. The number of ether oxygens (including phenoxy) is 2. The summed E-state index contributed by atoms with van der Waals surface area (Å²) in [6, 6.07) is 3.85. The number of hydrogen-bond donors (Lipinski definition) is 3. The van der Waals surface area contributed by atoms with Crippen LogP contribution in [0.5, 0.6) is 0 Å². The van der Waals surface area contributed by atoms with Gasteiger partial charge in [0.05, 0.1) is 19.8 Å². The van der Waals surface area contributed by atoms with Gasteiger partial charge >= 0.3 is 12.1 Å². The molecular weight excluding hydrogens is 537 g/mol. The van der Waals surface area contributed by atoms with Crippen LogP contribution in [0.4, 0.5) is 22.8 Å². The summed E-state index contributed by atoms with van der Waals surface area (Å²) >= 11 is 6.13. The number of carbonyl (C=O) groups excluding carboxylic acids is 2. The summed E-state index contributed by atoms with van der Waals surface area (Å²) in [5, 5.41) is 8.99. The lowest BCUT2D eigenvalue weighted by Crippen LogP contribution is -2.52. The predicted molar refractivity (Wildman–Crippen MR) is 143 cm³/mol. The zero-order chi connectivity index (χ0) is 28.4. The van der Waals surface area contributed by atoms with Crippen molar-refractivity contribution in [2.45, 2.75) is 63.0 Å². The largest absolute Gasteiger partial charge is 0.453 e. The number of alkyl carbamates (subject to hydrolysis) is 1. The fraction of sp³-hybridized carbons (Fsp3) is 0.704. The van der Waals surface area contributed by atoms with E-state index in [1.807, 2.05) is 0 Å². The van der Waals surface area contributed by atoms with E-state index in [2.05, 4.69) is 20.7 Å². The van der Waals surface area contributed by atoms with Gasteiger partial charge in [0.25, 0.3) is 0 Å². The Labute approximate surface area is 233 Å². The highest BCUT2D eigenvalue weighted by atomic mass is 35.5. The Balaban J connectivity index is 1.64. The molecule has 0 spiro atoms. The molecule has 3 amide bonds. The number of hydrogen-bond acceptors (Lipinski definition) is 5. The maximum atomic E-state index is 14.2. The van der Waals surface area contributed by atoms with E-state index in [0.29, 0.717) is 44.5 Å². The summed E-state index contributed by atoms with van der Waals surface area (Å²) in [5.74, 6) is -3.06. The normalized spacial score (nSPS) is 21.2. The number of amides is 3. The van der Waals surface area contributed by atoms with Crippen LogP contribution >= 0.6 is 11.6 Å². The highest BCUT2D eigenvalue weighted by Gasteiger charge is 2.36. The first-order chi connectivity index (χ1) is 18.6. The molecule has 2 aliphatic rings. The van der Waals surface area contributed by atoms with E-state index in [1.54, 1.807) is 18.0 Å². The Bertz CT molecular complexity index is 927. The number of nitrogens with zero attached hydrogens (tertiary/aromatic N) is 1. The molecule has 12 heteroatoms. The molecule has 3 atom stereocenters.